The summed E-state index contributed by atoms with van der Waals surface area (Å²) in [6.45, 7) is 10.6. The van der Waals surface area contributed by atoms with Crippen LogP contribution in [0.5, 0.6) is 0 Å². The largest absolute Gasteiger partial charge is 0.468 e. The first-order valence-electron chi connectivity index (χ1n) is 7.01. The summed E-state index contributed by atoms with van der Waals surface area (Å²) in [5, 5.41) is 3.44. The number of nitrogens with zero attached hydrogens (tertiary/aromatic N) is 1. The molecule has 0 radical (unpaired) electrons. The highest BCUT2D eigenvalue weighted by Gasteiger charge is 2.41. The summed E-state index contributed by atoms with van der Waals surface area (Å²) < 4.78 is 5.03. The molecule has 0 amide bonds. The van der Waals surface area contributed by atoms with Gasteiger partial charge in [-0.3, -0.25) is 10.1 Å². The molecule has 1 saturated heterocycles. The Kier molecular flexibility index (Phi) is 5.60. The van der Waals surface area contributed by atoms with E-state index in [9.17, 15) is 4.79 Å². The fourth-order valence-corrected chi connectivity index (χ4v) is 2.83. The van der Waals surface area contributed by atoms with E-state index in [4.69, 9.17) is 4.74 Å². The summed E-state index contributed by atoms with van der Waals surface area (Å²) in [6.07, 6.45) is 2.73. The van der Waals surface area contributed by atoms with Crippen molar-refractivity contribution < 1.29 is 9.53 Å². The lowest BCUT2D eigenvalue weighted by Gasteiger charge is -2.33. The molecule has 4 heteroatoms. The standard InChI is InChI=1S/C14H28N2O2/c1-11(2)15-14(13(17)18-5)7-6-9-16(10-8-14)12(3)4/h11-12,15H,6-10H2,1-5H3. The Morgan fingerprint density at radius 1 is 1.22 bits per heavy atom. The van der Waals surface area contributed by atoms with Crippen LogP contribution < -0.4 is 5.32 Å². The summed E-state index contributed by atoms with van der Waals surface area (Å²) in [5.74, 6) is -0.109. The number of likely N-dealkylation sites (tertiary alicyclic amines) is 1. The van der Waals surface area contributed by atoms with Gasteiger partial charge >= 0.3 is 5.97 Å². The highest BCUT2D eigenvalue weighted by Crippen LogP contribution is 2.25. The number of hydrogen-bond acceptors (Lipinski definition) is 4. The summed E-state index contributed by atoms with van der Waals surface area (Å²) >= 11 is 0. The van der Waals surface area contributed by atoms with Gasteiger partial charge in [0.1, 0.15) is 5.54 Å². The summed E-state index contributed by atoms with van der Waals surface area (Å²) in [6, 6.07) is 0.826. The molecule has 0 aromatic heterocycles. The second-order valence-corrected chi connectivity index (χ2v) is 5.86. The first-order chi connectivity index (χ1) is 8.41. The van der Waals surface area contributed by atoms with Crippen molar-refractivity contribution in [3.8, 4) is 0 Å². The van der Waals surface area contributed by atoms with Crippen molar-refractivity contribution in [1.29, 1.82) is 0 Å². The Morgan fingerprint density at radius 2 is 1.89 bits per heavy atom. The molecule has 18 heavy (non-hydrogen) atoms. The Labute approximate surface area is 111 Å². The average Bonchev–Trinajstić information content (AvgIpc) is 2.51. The minimum absolute atomic E-state index is 0.109. The second kappa shape index (κ2) is 6.53. The summed E-state index contributed by atoms with van der Waals surface area (Å²) in [4.78, 5) is 14.6. The second-order valence-electron chi connectivity index (χ2n) is 5.86. The molecule has 1 fully saturated rings. The Balaban J connectivity index is 2.81. The minimum atomic E-state index is -0.493. The van der Waals surface area contributed by atoms with Gasteiger partial charge in [-0.05, 0) is 53.5 Å². The van der Waals surface area contributed by atoms with E-state index in [1.54, 1.807) is 0 Å². The van der Waals surface area contributed by atoms with Crippen LogP contribution in [-0.4, -0.2) is 48.7 Å². The van der Waals surface area contributed by atoms with E-state index in [2.05, 4.69) is 37.9 Å². The third-order valence-electron chi connectivity index (χ3n) is 3.75. The third kappa shape index (κ3) is 3.69. The number of nitrogens with one attached hydrogen (secondary N) is 1. The number of methoxy groups -OCH3 is 1. The molecule has 0 aliphatic carbocycles. The molecule has 0 aromatic rings. The van der Waals surface area contributed by atoms with Crippen LogP contribution in [0.25, 0.3) is 0 Å². The zero-order valence-corrected chi connectivity index (χ0v) is 12.5. The van der Waals surface area contributed by atoms with E-state index in [1.807, 2.05) is 0 Å². The lowest BCUT2D eigenvalue weighted by molar-refractivity contribution is -0.149. The van der Waals surface area contributed by atoms with Gasteiger partial charge in [-0.25, -0.2) is 0 Å². The lowest BCUT2D eigenvalue weighted by atomic mass is 9.89. The number of ether oxygens (including phenoxy) is 1. The maximum atomic E-state index is 12.2. The van der Waals surface area contributed by atoms with Crippen LogP contribution in [0.15, 0.2) is 0 Å². The van der Waals surface area contributed by atoms with Crippen molar-refractivity contribution in [3.05, 3.63) is 0 Å². The smallest absolute Gasteiger partial charge is 0.326 e. The summed E-state index contributed by atoms with van der Waals surface area (Å²) in [7, 11) is 1.48. The van der Waals surface area contributed by atoms with Crippen molar-refractivity contribution >= 4 is 5.97 Å². The zero-order chi connectivity index (χ0) is 13.8. The van der Waals surface area contributed by atoms with Gasteiger partial charge in [0, 0.05) is 18.6 Å². The van der Waals surface area contributed by atoms with Crippen LogP contribution >= 0.6 is 0 Å². The van der Waals surface area contributed by atoms with Crippen LogP contribution in [0, 0.1) is 0 Å². The van der Waals surface area contributed by atoms with E-state index in [0.717, 1.165) is 32.4 Å². The third-order valence-corrected chi connectivity index (χ3v) is 3.75. The fraction of sp³-hybridized carbons (Fsp3) is 0.929. The lowest BCUT2D eigenvalue weighted by Crippen LogP contribution is -2.55. The molecule has 1 unspecified atom stereocenters. The number of carbonyl (C=O) groups is 1. The SMILES string of the molecule is COC(=O)C1(NC(C)C)CCCN(C(C)C)CC1. The number of rotatable bonds is 4. The predicted octanol–water partition coefficient (Wildman–Crippen LogP) is 1.79. The molecule has 4 nitrogen and oxygen atoms in total. The van der Waals surface area contributed by atoms with Crippen molar-refractivity contribution in [2.45, 2.75) is 64.6 Å². The van der Waals surface area contributed by atoms with Crippen LogP contribution in [0.3, 0.4) is 0 Å². The quantitative estimate of drug-likeness (QED) is 0.779. The van der Waals surface area contributed by atoms with Crippen molar-refractivity contribution in [3.63, 3.8) is 0 Å². The predicted molar refractivity (Wildman–Crippen MR) is 73.6 cm³/mol. The van der Waals surface area contributed by atoms with Crippen LogP contribution in [0.1, 0.15) is 47.0 Å². The highest BCUT2D eigenvalue weighted by molar-refractivity contribution is 5.80. The monoisotopic (exact) mass is 256 g/mol. The zero-order valence-electron chi connectivity index (χ0n) is 12.5. The van der Waals surface area contributed by atoms with Crippen LogP contribution in [0.2, 0.25) is 0 Å². The van der Waals surface area contributed by atoms with Crippen molar-refractivity contribution in [2.75, 3.05) is 20.2 Å². The van der Waals surface area contributed by atoms with Gasteiger partial charge in [0.05, 0.1) is 7.11 Å². The van der Waals surface area contributed by atoms with Gasteiger partial charge < -0.3 is 9.64 Å². The van der Waals surface area contributed by atoms with Crippen LogP contribution in [0.4, 0.5) is 0 Å². The molecule has 1 rings (SSSR count). The van der Waals surface area contributed by atoms with Gasteiger partial charge in [0.25, 0.3) is 0 Å². The number of hydrogen-bond donors (Lipinski definition) is 1. The van der Waals surface area contributed by atoms with Gasteiger partial charge in [-0.15, -0.1) is 0 Å². The van der Waals surface area contributed by atoms with Crippen molar-refractivity contribution in [1.82, 2.24) is 10.2 Å². The molecule has 1 aliphatic rings. The molecular formula is C14H28N2O2. The van der Waals surface area contributed by atoms with Crippen LogP contribution in [-0.2, 0) is 9.53 Å². The van der Waals surface area contributed by atoms with Gasteiger partial charge in [0.2, 0.25) is 0 Å². The van der Waals surface area contributed by atoms with Gasteiger partial charge in [-0.1, -0.05) is 0 Å². The molecule has 0 saturated carbocycles. The van der Waals surface area contributed by atoms with E-state index in [0.29, 0.717) is 6.04 Å². The molecule has 0 bridgehead atoms. The molecule has 1 heterocycles. The molecule has 106 valence electrons. The Hall–Kier alpha value is -0.610. The molecule has 1 atom stereocenters. The molecule has 0 spiro atoms. The Morgan fingerprint density at radius 3 is 2.39 bits per heavy atom. The average molecular weight is 256 g/mol. The normalized spacial score (nSPS) is 26.4. The van der Waals surface area contributed by atoms with E-state index in [1.165, 1.54) is 7.11 Å². The molecular weight excluding hydrogens is 228 g/mol. The Bertz CT molecular complexity index is 279. The highest BCUT2D eigenvalue weighted by atomic mass is 16.5. The van der Waals surface area contributed by atoms with E-state index >= 15 is 0 Å². The summed E-state index contributed by atoms with van der Waals surface area (Å²) in [5.41, 5.74) is -0.493. The maximum absolute atomic E-state index is 12.2. The van der Waals surface area contributed by atoms with Crippen molar-refractivity contribution in [2.24, 2.45) is 0 Å². The maximum Gasteiger partial charge on any atom is 0.326 e. The fourth-order valence-electron chi connectivity index (χ4n) is 2.83. The number of esters is 1. The molecule has 0 aromatic carbocycles. The molecule has 1 N–H and O–H groups in total. The van der Waals surface area contributed by atoms with Gasteiger partial charge in [-0.2, -0.15) is 0 Å². The van der Waals surface area contributed by atoms with E-state index < -0.39 is 5.54 Å². The first kappa shape index (κ1) is 15.4. The number of carbonyl (C=O) groups excluding carboxylic acids is 1. The van der Waals surface area contributed by atoms with Gasteiger partial charge in [0.15, 0.2) is 0 Å². The molecule has 1 aliphatic heterocycles. The van der Waals surface area contributed by atoms with E-state index in [-0.39, 0.29) is 12.0 Å². The first-order valence-corrected chi connectivity index (χ1v) is 7.01. The topological polar surface area (TPSA) is 41.6 Å². The minimum Gasteiger partial charge on any atom is -0.468 e.